The van der Waals surface area contributed by atoms with Crippen molar-refractivity contribution in [2.75, 3.05) is 34.4 Å². The van der Waals surface area contributed by atoms with E-state index in [9.17, 15) is 0 Å². The molecule has 1 aromatic rings. The van der Waals surface area contributed by atoms with E-state index < -0.39 is 0 Å². The number of nitrogens with two attached hydrogens (primary N) is 1. The zero-order chi connectivity index (χ0) is 15.6. The molecular weight excluding hydrogens is 268 g/mol. The Balaban J connectivity index is 2.52. The van der Waals surface area contributed by atoms with E-state index in [1.165, 1.54) is 5.56 Å². The van der Waals surface area contributed by atoms with Crippen molar-refractivity contribution in [2.24, 2.45) is 11.7 Å². The Labute approximate surface area is 127 Å². The molecule has 0 aliphatic carbocycles. The van der Waals surface area contributed by atoms with E-state index in [1.807, 2.05) is 6.07 Å². The van der Waals surface area contributed by atoms with Gasteiger partial charge in [0.15, 0.2) is 11.5 Å². The molecule has 5 nitrogen and oxygen atoms in total. The summed E-state index contributed by atoms with van der Waals surface area (Å²) in [6.45, 7) is 6.87. The van der Waals surface area contributed by atoms with Crippen molar-refractivity contribution in [2.45, 2.75) is 26.4 Å². The van der Waals surface area contributed by atoms with E-state index in [1.54, 1.807) is 21.3 Å². The summed E-state index contributed by atoms with van der Waals surface area (Å²) in [5, 5.41) is 0. The predicted molar refractivity (Wildman–Crippen MR) is 83.1 cm³/mol. The Morgan fingerprint density at radius 1 is 1.19 bits per heavy atom. The van der Waals surface area contributed by atoms with Crippen LogP contribution in [0.15, 0.2) is 6.07 Å². The lowest BCUT2D eigenvalue weighted by atomic mass is 10.0. The Morgan fingerprint density at radius 2 is 1.86 bits per heavy atom. The molecule has 21 heavy (non-hydrogen) atoms. The number of hydrogen-bond acceptors (Lipinski definition) is 5. The van der Waals surface area contributed by atoms with Gasteiger partial charge in [0.25, 0.3) is 0 Å². The molecule has 0 saturated carbocycles. The summed E-state index contributed by atoms with van der Waals surface area (Å²) in [7, 11) is 4.94. The van der Waals surface area contributed by atoms with E-state index in [2.05, 4.69) is 18.7 Å². The van der Waals surface area contributed by atoms with Gasteiger partial charge in [0, 0.05) is 25.2 Å². The van der Waals surface area contributed by atoms with E-state index in [4.69, 9.17) is 19.9 Å². The van der Waals surface area contributed by atoms with Gasteiger partial charge in [0.05, 0.1) is 27.4 Å². The van der Waals surface area contributed by atoms with Crippen LogP contribution in [0.25, 0.3) is 0 Å². The molecule has 0 amide bonds. The molecule has 0 aromatic heterocycles. The molecule has 0 spiro atoms. The molecule has 0 fully saturated rings. The first-order valence-electron chi connectivity index (χ1n) is 7.33. The van der Waals surface area contributed by atoms with Gasteiger partial charge in [-0.1, -0.05) is 13.8 Å². The Morgan fingerprint density at radius 3 is 2.33 bits per heavy atom. The van der Waals surface area contributed by atoms with Gasteiger partial charge in [-0.3, -0.25) is 4.90 Å². The van der Waals surface area contributed by atoms with Gasteiger partial charge < -0.3 is 19.9 Å². The van der Waals surface area contributed by atoms with Crippen molar-refractivity contribution in [3.63, 3.8) is 0 Å². The van der Waals surface area contributed by atoms with E-state index in [0.29, 0.717) is 24.0 Å². The average molecular weight is 294 g/mol. The molecule has 5 heteroatoms. The van der Waals surface area contributed by atoms with Crippen molar-refractivity contribution in [1.29, 1.82) is 0 Å². The van der Waals surface area contributed by atoms with Crippen LogP contribution in [0.3, 0.4) is 0 Å². The van der Waals surface area contributed by atoms with Crippen LogP contribution in [0.1, 0.15) is 31.0 Å². The molecule has 0 saturated heterocycles. The number of rotatable bonds is 6. The number of fused-ring (bicyclic) bond motifs is 1. The molecule has 1 aromatic carbocycles. The molecule has 1 heterocycles. The predicted octanol–water partition coefficient (Wildman–Crippen LogP) is 2.18. The Bertz CT molecular complexity index is 503. The summed E-state index contributed by atoms with van der Waals surface area (Å²) in [5.41, 5.74) is 8.38. The van der Waals surface area contributed by atoms with Crippen LogP contribution >= 0.6 is 0 Å². The standard InChI is InChI=1S/C16H26N2O3/c1-10(2)8-18-9-11-6-13(19-3)15(20-4)16(21-5)14(11)12(18)7-17/h6,10,12H,7-9,17H2,1-5H3. The van der Waals surface area contributed by atoms with Crippen molar-refractivity contribution in [3.8, 4) is 17.2 Å². The van der Waals surface area contributed by atoms with Gasteiger partial charge in [0.1, 0.15) is 0 Å². The third-order valence-corrected chi connectivity index (χ3v) is 3.92. The third kappa shape index (κ3) is 2.80. The van der Waals surface area contributed by atoms with Crippen LogP contribution in [0.2, 0.25) is 0 Å². The third-order valence-electron chi connectivity index (χ3n) is 3.92. The average Bonchev–Trinajstić information content (AvgIpc) is 2.80. The first-order chi connectivity index (χ1) is 10.1. The SMILES string of the molecule is COc1cc2c(c(OC)c1OC)C(CN)N(CC(C)C)C2. The molecular formula is C16H26N2O3. The van der Waals surface area contributed by atoms with Gasteiger partial charge in [-0.2, -0.15) is 0 Å². The molecule has 1 aliphatic rings. The zero-order valence-electron chi connectivity index (χ0n) is 13.6. The highest BCUT2D eigenvalue weighted by Crippen LogP contribution is 2.49. The van der Waals surface area contributed by atoms with Gasteiger partial charge in [-0.15, -0.1) is 0 Å². The topological polar surface area (TPSA) is 57.0 Å². The number of ether oxygens (including phenoxy) is 3. The monoisotopic (exact) mass is 294 g/mol. The van der Waals surface area contributed by atoms with Crippen LogP contribution in [0.5, 0.6) is 17.2 Å². The summed E-state index contributed by atoms with van der Waals surface area (Å²) >= 11 is 0. The number of nitrogens with zero attached hydrogens (tertiary/aromatic N) is 1. The summed E-state index contributed by atoms with van der Waals surface area (Å²) in [6, 6.07) is 2.21. The second-order valence-corrected chi connectivity index (χ2v) is 5.79. The van der Waals surface area contributed by atoms with Crippen LogP contribution in [0.4, 0.5) is 0 Å². The lowest BCUT2D eigenvalue weighted by molar-refractivity contribution is 0.193. The highest BCUT2D eigenvalue weighted by molar-refractivity contribution is 5.61. The molecule has 118 valence electrons. The van der Waals surface area contributed by atoms with E-state index >= 15 is 0 Å². The van der Waals surface area contributed by atoms with Crippen LogP contribution < -0.4 is 19.9 Å². The zero-order valence-corrected chi connectivity index (χ0v) is 13.6. The van der Waals surface area contributed by atoms with Gasteiger partial charge in [0.2, 0.25) is 5.75 Å². The smallest absolute Gasteiger partial charge is 0.203 e. The summed E-state index contributed by atoms with van der Waals surface area (Å²) < 4.78 is 16.5. The maximum Gasteiger partial charge on any atom is 0.203 e. The highest BCUT2D eigenvalue weighted by atomic mass is 16.5. The van der Waals surface area contributed by atoms with Gasteiger partial charge in [-0.05, 0) is 17.5 Å². The maximum atomic E-state index is 6.03. The normalized spacial score (nSPS) is 18.0. The number of methoxy groups -OCH3 is 3. The lowest BCUT2D eigenvalue weighted by Gasteiger charge is -2.26. The minimum atomic E-state index is 0.164. The highest BCUT2D eigenvalue weighted by Gasteiger charge is 2.35. The van der Waals surface area contributed by atoms with Gasteiger partial charge in [-0.25, -0.2) is 0 Å². The van der Waals surface area contributed by atoms with Crippen LogP contribution in [0, 0.1) is 5.92 Å². The molecule has 1 unspecified atom stereocenters. The molecule has 2 rings (SSSR count). The quantitative estimate of drug-likeness (QED) is 0.871. The Kier molecular flexibility index (Phi) is 4.96. The molecule has 1 atom stereocenters. The molecule has 1 aliphatic heterocycles. The van der Waals surface area contributed by atoms with Gasteiger partial charge >= 0.3 is 0 Å². The fourth-order valence-corrected chi connectivity index (χ4v) is 3.16. The second-order valence-electron chi connectivity index (χ2n) is 5.79. The summed E-state index contributed by atoms with van der Waals surface area (Å²) in [4.78, 5) is 2.40. The lowest BCUT2D eigenvalue weighted by Crippen LogP contribution is -2.31. The first-order valence-corrected chi connectivity index (χ1v) is 7.33. The summed E-state index contributed by atoms with van der Waals surface area (Å²) in [5.74, 6) is 2.68. The van der Waals surface area contributed by atoms with Crippen molar-refractivity contribution >= 4 is 0 Å². The number of benzene rings is 1. The minimum absolute atomic E-state index is 0.164. The Hall–Kier alpha value is -1.46. The molecule has 2 N–H and O–H groups in total. The molecule has 0 bridgehead atoms. The van der Waals surface area contributed by atoms with Crippen molar-refractivity contribution in [1.82, 2.24) is 4.90 Å². The van der Waals surface area contributed by atoms with Crippen molar-refractivity contribution in [3.05, 3.63) is 17.2 Å². The van der Waals surface area contributed by atoms with E-state index in [-0.39, 0.29) is 6.04 Å². The second kappa shape index (κ2) is 6.54. The minimum Gasteiger partial charge on any atom is -0.493 e. The summed E-state index contributed by atoms with van der Waals surface area (Å²) in [6.07, 6.45) is 0. The van der Waals surface area contributed by atoms with E-state index in [0.717, 1.165) is 24.4 Å². The fourth-order valence-electron chi connectivity index (χ4n) is 3.16. The maximum absolute atomic E-state index is 6.03. The number of hydrogen-bond donors (Lipinski definition) is 1. The van der Waals surface area contributed by atoms with Crippen molar-refractivity contribution < 1.29 is 14.2 Å². The first kappa shape index (κ1) is 15.9. The van der Waals surface area contributed by atoms with Crippen LogP contribution in [-0.2, 0) is 6.54 Å². The molecule has 0 radical (unpaired) electrons. The largest absolute Gasteiger partial charge is 0.493 e. The van der Waals surface area contributed by atoms with Crippen LogP contribution in [-0.4, -0.2) is 39.3 Å². The fraction of sp³-hybridized carbons (Fsp3) is 0.625.